The van der Waals surface area contributed by atoms with Crippen LogP contribution >= 0.6 is 0 Å². The number of carbonyl (C=O) groups is 1. The minimum absolute atomic E-state index is 0.0340. The van der Waals surface area contributed by atoms with E-state index in [2.05, 4.69) is 25.7 Å². The lowest BCUT2D eigenvalue weighted by Crippen LogP contribution is -2.36. The van der Waals surface area contributed by atoms with Crippen LogP contribution < -0.4 is 11.5 Å². The summed E-state index contributed by atoms with van der Waals surface area (Å²) in [6.07, 6.45) is 7.55. The lowest BCUT2D eigenvalue weighted by Gasteiger charge is -2.32. The fraction of sp³-hybridized carbons (Fsp3) is 0.688. The highest BCUT2D eigenvalue weighted by Gasteiger charge is 2.19. The highest BCUT2D eigenvalue weighted by Crippen LogP contribution is 2.22. The minimum atomic E-state index is -0.0340. The van der Waals surface area contributed by atoms with Gasteiger partial charge in [-0.1, -0.05) is 20.8 Å². The van der Waals surface area contributed by atoms with Gasteiger partial charge in [0, 0.05) is 37.7 Å². The minimum Gasteiger partial charge on any atom is -0.402 e. The molecule has 1 aliphatic rings. The molecule has 5 N–H and O–H groups in total. The number of nitrogens with zero attached hydrogens (tertiary/aromatic N) is 1. The first kappa shape index (κ1) is 19.5. The van der Waals surface area contributed by atoms with Gasteiger partial charge in [-0.15, -0.1) is 0 Å². The van der Waals surface area contributed by atoms with Crippen LogP contribution in [0, 0.1) is 11.3 Å². The number of piperidine rings is 1. The lowest BCUT2D eigenvalue weighted by atomic mass is 9.92. The van der Waals surface area contributed by atoms with Gasteiger partial charge in [0.25, 0.3) is 0 Å². The van der Waals surface area contributed by atoms with Gasteiger partial charge < -0.3 is 26.3 Å². The van der Waals surface area contributed by atoms with Crippen molar-refractivity contribution >= 4 is 6.29 Å². The van der Waals surface area contributed by atoms with E-state index < -0.39 is 0 Å². The van der Waals surface area contributed by atoms with Crippen LogP contribution in [0.1, 0.15) is 40.0 Å². The number of aliphatic hydroxyl groups excluding tert-OH is 1. The molecule has 0 aromatic heterocycles. The molecule has 0 radical (unpaired) electrons. The molecule has 1 aliphatic heterocycles. The number of allylic oxidation sites excluding steroid dienone is 3. The van der Waals surface area contributed by atoms with Crippen LogP contribution in [0.5, 0.6) is 0 Å². The summed E-state index contributed by atoms with van der Waals surface area (Å²) in [7, 11) is 1.00. The monoisotopic (exact) mass is 297 g/mol. The molecular weight excluding hydrogens is 266 g/mol. The van der Waals surface area contributed by atoms with E-state index in [-0.39, 0.29) is 5.41 Å². The van der Waals surface area contributed by atoms with Crippen molar-refractivity contribution in [3.63, 3.8) is 0 Å². The maximum atomic E-state index is 10.5. The number of carbonyl (C=O) groups excluding carboxylic acids is 1. The number of rotatable bonds is 4. The molecule has 0 aromatic rings. The summed E-state index contributed by atoms with van der Waals surface area (Å²) < 4.78 is 0. The van der Waals surface area contributed by atoms with Crippen LogP contribution in [0.4, 0.5) is 0 Å². The van der Waals surface area contributed by atoms with Crippen LogP contribution in [0.25, 0.3) is 0 Å². The van der Waals surface area contributed by atoms with Crippen molar-refractivity contribution in [2.75, 3.05) is 20.2 Å². The lowest BCUT2D eigenvalue weighted by molar-refractivity contribution is -0.108. The average molecular weight is 297 g/mol. The van der Waals surface area contributed by atoms with E-state index in [0.717, 1.165) is 50.8 Å². The van der Waals surface area contributed by atoms with Crippen molar-refractivity contribution < 1.29 is 9.90 Å². The highest BCUT2D eigenvalue weighted by molar-refractivity contribution is 5.49. The summed E-state index contributed by atoms with van der Waals surface area (Å²) in [4.78, 5) is 12.6. The predicted molar refractivity (Wildman–Crippen MR) is 87.1 cm³/mol. The van der Waals surface area contributed by atoms with Gasteiger partial charge in [-0.3, -0.25) is 0 Å². The second kappa shape index (κ2) is 9.45. The number of aliphatic hydroxyl groups is 1. The third-order valence-corrected chi connectivity index (χ3v) is 3.71. The maximum absolute atomic E-state index is 10.5. The molecular formula is C16H31N3O2. The fourth-order valence-corrected chi connectivity index (χ4v) is 2.09. The van der Waals surface area contributed by atoms with Gasteiger partial charge in [0.1, 0.15) is 6.29 Å². The van der Waals surface area contributed by atoms with Crippen LogP contribution in [0.15, 0.2) is 23.7 Å². The smallest absolute Gasteiger partial charge is 0.120 e. The SMILES string of the molecule is CC(C)(C)/C(N)=C/C=C(\N)N1CCC(CC=O)CC1.CO. The molecule has 0 spiro atoms. The van der Waals surface area contributed by atoms with Crippen molar-refractivity contribution in [3.8, 4) is 0 Å². The summed E-state index contributed by atoms with van der Waals surface area (Å²) in [5, 5.41) is 7.00. The molecule has 1 heterocycles. The molecule has 0 saturated carbocycles. The largest absolute Gasteiger partial charge is 0.402 e. The first-order chi connectivity index (χ1) is 9.84. The van der Waals surface area contributed by atoms with Crippen molar-refractivity contribution in [1.82, 2.24) is 4.90 Å². The topological polar surface area (TPSA) is 92.6 Å². The molecule has 5 heteroatoms. The van der Waals surface area contributed by atoms with E-state index in [1.165, 1.54) is 0 Å². The fourth-order valence-electron chi connectivity index (χ4n) is 2.09. The van der Waals surface area contributed by atoms with Gasteiger partial charge in [-0.05, 0) is 30.9 Å². The Morgan fingerprint density at radius 3 is 2.14 bits per heavy atom. The number of likely N-dealkylation sites (tertiary alicyclic amines) is 1. The predicted octanol–water partition coefficient (Wildman–Crippen LogP) is 1.58. The maximum Gasteiger partial charge on any atom is 0.120 e. The van der Waals surface area contributed by atoms with Crippen molar-refractivity contribution in [3.05, 3.63) is 23.7 Å². The number of aldehydes is 1. The molecule has 0 atom stereocenters. The Morgan fingerprint density at radius 2 is 1.71 bits per heavy atom. The highest BCUT2D eigenvalue weighted by atomic mass is 16.2. The number of nitrogens with two attached hydrogens (primary N) is 2. The number of hydrogen-bond donors (Lipinski definition) is 3. The Hall–Kier alpha value is -1.49. The average Bonchev–Trinajstić information content (AvgIpc) is 2.46. The third-order valence-electron chi connectivity index (χ3n) is 3.71. The molecule has 0 aromatic carbocycles. The Labute approximate surface area is 128 Å². The summed E-state index contributed by atoms with van der Waals surface area (Å²) in [5.74, 6) is 1.29. The van der Waals surface area contributed by atoms with Gasteiger partial charge in [-0.25, -0.2) is 0 Å². The van der Waals surface area contributed by atoms with E-state index in [1.54, 1.807) is 0 Å². The third kappa shape index (κ3) is 7.18. The Bertz CT molecular complexity index is 362. The normalized spacial score (nSPS) is 18.0. The van der Waals surface area contributed by atoms with Gasteiger partial charge >= 0.3 is 0 Å². The van der Waals surface area contributed by atoms with Gasteiger partial charge in [-0.2, -0.15) is 0 Å². The van der Waals surface area contributed by atoms with E-state index in [9.17, 15) is 4.79 Å². The molecule has 5 nitrogen and oxygen atoms in total. The Morgan fingerprint density at radius 1 is 1.19 bits per heavy atom. The molecule has 1 rings (SSSR count). The zero-order chi connectivity index (χ0) is 16.5. The molecule has 1 saturated heterocycles. The van der Waals surface area contributed by atoms with Crippen LogP contribution in [-0.2, 0) is 4.79 Å². The molecule has 0 amide bonds. The van der Waals surface area contributed by atoms with E-state index in [4.69, 9.17) is 16.6 Å². The Balaban J connectivity index is 0.00000191. The van der Waals surface area contributed by atoms with E-state index in [1.807, 2.05) is 12.2 Å². The van der Waals surface area contributed by atoms with Gasteiger partial charge in [0.15, 0.2) is 0 Å². The Kier molecular flexibility index (Phi) is 8.78. The molecule has 0 bridgehead atoms. The zero-order valence-electron chi connectivity index (χ0n) is 13.8. The van der Waals surface area contributed by atoms with Crippen molar-refractivity contribution in [1.29, 1.82) is 0 Å². The first-order valence-electron chi connectivity index (χ1n) is 7.41. The molecule has 1 fully saturated rings. The van der Waals surface area contributed by atoms with Crippen LogP contribution in [-0.4, -0.2) is 36.5 Å². The first-order valence-corrected chi connectivity index (χ1v) is 7.41. The second-order valence-electron chi connectivity index (χ2n) is 6.30. The zero-order valence-corrected chi connectivity index (χ0v) is 13.8. The van der Waals surface area contributed by atoms with E-state index >= 15 is 0 Å². The number of hydrogen-bond acceptors (Lipinski definition) is 5. The summed E-state index contributed by atoms with van der Waals surface area (Å²) in [6, 6.07) is 0. The quantitative estimate of drug-likeness (QED) is 0.541. The van der Waals surface area contributed by atoms with Crippen LogP contribution in [0.3, 0.4) is 0 Å². The molecule has 0 aliphatic carbocycles. The van der Waals surface area contributed by atoms with Crippen molar-refractivity contribution in [2.24, 2.45) is 22.8 Å². The van der Waals surface area contributed by atoms with Gasteiger partial charge in [0.05, 0.1) is 5.82 Å². The van der Waals surface area contributed by atoms with Crippen molar-refractivity contribution in [2.45, 2.75) is 40.0 Å². The summed E-state index contributed by atoms with van der Waals surface area (Å²) in [5.41, 5.74) is 12.9. The van der Waals surface area contributed by atoms with Gasteiger partial charge in [0.2, 0.25) is 0 Å². The summed E-state index contributed by atoms with van der Waals surface area (Å²) in [6.45, 7) is 8.07. The molecule has 0 unspecified atom stereocenters. The summed E-state index contributed by atoms with van der Waals surface area (Å²) >= 11 is 0. The van der Waals surface area contributed by atoms with E-state index in [0.29, 0.717) is 12.3 Å². The standard InChI is InChI=1S/C15H27N3O.CH4O/c1-15(2,3)13(16)4-5-14(17)18-9-6-12(7-10-18)8-11-19;1-2/h4-5,11-12H,6-10,16-17H2,1-3H3;2H,1H3/b13-4-,14-5+;. The molecule has 21 heavy (non-hydrogen) atoms. The molecule has 122 valence electrons. The second-order valence-corrected chi connectivity index (χ2v) is 6.30. The van der Waals surface area contributed by atoms with Crippen LogP contribution in [0.2, 0.25) is 0 Å².